The van der Waals surface area contributed by atoms with Crippen molar-refractivity contribution in [2.45, 2.75) is 58.0 Å². The third kappa shape index (κ3) is 2.96. The van der Waals surface area contributed by atoms with Crippen molar-refractivity contribution in [3.05, 3.63) is 11.1 Å². The highest BCUT2D eigenvalue weighted by Crippen LogP contribution is 2.42. The van der Waals surface area contributed by atoms with E-state index in [1.54, 1.807) is 13.8 Å². The van der Waals surface area contributed by atoms with Gasteiger partial charge in [-0.1, -0.05) is 0 Å². The van der Waals surface area contributed by atoms with Gasteiger partial charge in [-0.2, -0.15) is 5.06 Å². The number of aliphatic carboxylic acids is 2. The van der Waals surface area contributed by atoms with Crippen molar-refractivity contribution in [2.24, 2.45) is 0 Å². The first kappa shape index (κ1) is 15.7. The fourth-order valence-electron chi connectivity index (χ4n) is 2.71. The molecule has 0 radical (unpaired) electrons. The van der Waals surface area contributed by atoms with Crippen molar-refractivity contribution in [1.82, 2.24) is 5.06 Å². The molecular formula is C13H21NO5. The lowest BCUT2D eigenvalue weighted by molar-refractivity contribution is -0.225. The van der Waals surface area contributed by atoms with E-state index in [9.17, 15) is 19.9 Å². The van der Waals surface area contributed by atoms with Crippen molar-refractivity contribution in [3.8, 4) is 0 Å². The van der Waals surface area contributed by atoms with E-state index >= 15 is 0 Å². The van der Waals surface area contributed by atoms with Gasteiger partial charge in [0, 0.05) is 11.1 Å². The van der Waals surface area contributed by atoms with Gasteiger partial charge in [0.2, 0.25) is 0 Å². The van der Waals surface area contributed by atoms with Crippen LogP contribution in [0.2, 0.25) is 0 Å². The van der Waals surface area contributed by atoms with Gasteiger partial charge in [0.05, 0.1) is 12.0 Å². The first-order valence-electron chi connectivity index (χ1n) is 6.17. The quantitative estimate of drug-likeness (QED) is 0.678. The summed E-state index contributed by atoms with van der Waals surface area (Å²) in [5.74, 6) is -2.42. The van der Waals surface area contributed by atoms with Crippen LogP contribution in [0.15, 0.2) is 11.1 Å². The van der Waals surface area contributed by atoms with Gasteiger partial charge < -0.3 is 15.4 Å². The van der Waals surface area contributed by atoms with E-state index in [-0.39, 0.29) is 5.57 Å². The second-order valence-corrected chi connectivity index (χ2v) is 6.02. The summed E-state index contributed by atoms with van der Waals surface area (Å²) in [7, 11) is 0. The molecule has 108 valence electrons. The van der Waals surface area contributed by atoms with Crippen molar-refractivity contribution in [2.75, 3.05) is 0 Å². The Balaban J connectivity index is 3.31. The van der Waals surface area contributed by atoms with Crippen LogP contribution < -0.4 is 0 Å². The molecule has 1 aliphatic heterocycles. The van der Waals surface area contributed by atoms with E-state index in [1.165, 1.54) is 0 Å². The minimum absolute atomic E-state index is 0.132. The zero-order valence-electron chi connectivity index (χ0n) is 11.7. The smallest absolute Gasteiger partial charge is 0.332 e. The summed E-state index contributed by atoms with van der Waals surface area (Å²) in [5.41, 5.74) is -1.03. The van der Waals surface area contributed by atoms with Gasteiger partial charge in [-0.15, -0.1) is 0 Å². The fraction of sp³-hybridized carbons (Fsp3) is 0.692. The standard InChI is InChI=1S/C13H21NO5/c1-12(2)6-5-9(13(3,4)14(12)19)8(11(17)18)7-10(15)16/h19H,5-7H2,1-4H3,(H,15,16)(H,17,18). The molecule has 0 atom stereocenters. The molecule has 0 bridgehead atoms. The van der Waals surface area contributed by atoms with Gasteiger partial charge in [0.25, 0.3) is 0 Å². The predicted molar refractivity (Wildman–Crippen MR) is 67.9 cm³/mol. The Kier molecular flexibility index (Phi) is 4.07. The summed E-state index contributed by atoms with van der Waals surface area (Å²) in [5, 5.41) is 29.4. The molecule has 0 aromatic carbocycles. The Morgan fingerprint density at radius 3 is 2.16 bits per heavy atom. The molecule has 0 spiro atoms. The third-order valence-corrected chi connectivity index (χ3v) is 3.78. The van der Waals surface area contributed by atoms with Gasteiger partial charge in [-0.05, 0) is 46.1 Å². The third-order valence-electron chi connectivity index (χ3n) is 3.78. The summed E-state index contributed by atoms with van der Waals surface area (Å²) >= 11 is 0. The SMILES string of the molecule is CC1(C)CCC(=C(CC(=O)O)C(=O)O)C(C)(C)N1O. The second-order valence-electron chi connectivity index (χ2n) is 6.02. The van der Waals surface area contributed by atoms with Crippen LogP contribution in [0.4, 0.5) is 0 Å². The molecule has 19 heavy (non-hydrogen) atoms. The molecule has 0 aliphatic carbocycles. The topological polar surface area (TPSA) is 98.1 Å². The molecule has 0 amide bonds. The summed E-state index contributed by atoms with van der Waals surface area (Å²) in [4.78, 5) is 22.1. The molecular weight excluding hydrogens is 250 g/mol. The lowest BCUT2D eigenvalue weighted by atomic mass is 9.75. The largest absolute Gasteiger partial charge is 0.481 e. The van der Waals surface area contributed by atoms with Crippen LogP contribution in [-0.4, -0.2) is 43.5 Å². The lowest BCUT2D eigenvalue weighted by Gasteiger charge is -2.50. The Bertz CT molecular complexity index is 436. The van der Waals surface area contributed by atoms with Crippen LogP contribution in [0.3, 0.4) is 0 Å². The lowest BCUT2D eigenvalue weighted by Crippen LogP contribution is -2.58. The molecule has 1 aliphatic rings. The zero-order chi connectivity index (χ0) is 15.0. The predicted octanol–water partition coefficient (Wildman–Crippen LogP) is 1.88. The Labute approximate surface area is 112 Å². The monoisotopic (exact) mass is 271 g/mol. The molecule has 1 rings (SSSR count). The second kappa shape index (κ2) is 4.94. The van der Waals surface area contributed by atoms with Crippen LogP contribution in [0, 0.1) is 0 Å². The van der Waals surface area contributed by atoms with Gasteiger partial charge in [-0.3, -0.25) is 4.79 Å². The van der Waals surface area contributed by atoms with Crippen LogP contribution in [0.1, 0.15) is 47.0 Å². The van der Waals surface area contributed by atoms with E-state index in [1.807, 2.05) is 13.8 Å². The van der Waals surface area contributed by atoms with Crippen LogP contribution in [0.25, 0.3) is 0 Å². The summed E-state index contributed by atoms with van der Waals surface area (Å²) in [6, 6.07) is 0. The van der Waals surface area contributed by atoms with Crippen LogP contribution in [-0.2, 0) is 9.59 Å². The number of hydrogen-bond acceptors (Lipinski definition) is 4. The van der Waals surface area contributed by atoms with Gasteiger partial charge in [0.15, 0.2) is 0 Å². The van der Waals surface area contributed by atoms with Gasteiger partial charge >= 0.3 is 11.9 Å². The summed E-state index contributed by atoms with van der Waals surface area (Å²) in [6.07, 6.45) is 0.493. The molecule has 6 heteroatoms. The maximum atomic E-state index is 11.3. The first-order valence-corrected chi connectivity index (χ1v) is 6.17. The van der Waals surface area contributed by atoms with Crippen molar-refractivity contribution in [3.63, 3.8) is 0 Å². The average Bonchev–Trinajstić information content (AvgIpc) is 2.23. The Hall–Kier alpha value is -1.40. The number of hydrogen-bond donors (Lipinski definition) is 3. The average molecular weight is 271 g/mol. The maximum absolute atomic E-state index is 11.3. The number of rotatable bonds is 3. The van der Waals surface area contributed by atoms with Crippen LogP contribution in [0.5, 0.6) is 0 Å². The van der Waals surface area contributed by atoms with Crippen molar-refractivity contribution >= 4 is 11.9 Å². The van der Waals surface area contributed by atoms with Gasteiger partial charge in [-0.25, -0.2) is 4.79 Å². The van der Waals surface area contributed by atoms with E-state index in [4.69, 9.17) is 5.11 Å². The molecule has 0 aromatic rings. The molecule has 0 aromatic heterocycles. The first-order chi connectivity index (χ1) is 8.50. The molecule has 0 unspecified atom stereocenters. The fourth-order valence-corrected chi connectivity index (χ4v) is 2.71. The number of carboxylic acids is 2. The molecule has 1 heterocycles. The summed E-state index contributed by atoms with van der Waals surface area (Å²) < 4.78 is 0. The molecule has 3 N–H and O–H groups in total. The molecule has 1 saturated heterocycles. The van der Waals surface area contributed by atoms with Crippen molar-refractivity contribution in [1.29, 1.82) is 0 Å². The highest BCUT2D eigenvalue weighted by atomic mass is 16.5. The minimum atomic E-state index is -1.24. The Morgan fingerprint density at radius 2 is 1.74 bits per heavy atom. The highest BCUT2D eigenvalue weighted by Gasteiger charge is 2.45. The Morgan fingerprint density at radius 1 is 1.21 bits per heavy atom. The number of carboxylic acid groups (broad SMARTS) is 2. The molecule has 6 nitrogen and oxygen atoms in total. The molecule has 1 fully saturated rings. The number of carbonyl (C=O) groups is 2. The summed E-state index contributed by atoms with van der Waals surface area (Å²) in [6.45, 7) is 7.13. The zero-order valence-corrected chi connectivity index (χ0v) is 11.7. The maximum Gasteiger partial charge on any atom is 0.332 e. The number of nitrogens with zero attached hydrogens (tertiary/aromatic N) is 1. The van der Waals surface area contributed by atoms with E-state index < -0.39 is 29.4 Å². The number of hydroxylamine groups is 2. The molecule has 0 saturated carbocycles. The van der Waals surface area contributed by atoms with Crippen LogP contribution >= 0.6 is 0 Å². The minimum Gasteiger partial charge on any atom is -0.481 e. The highest BCUT2D eigenvalue weighted by molar-refractivity contribution is 5.93. The van der Waals surface area contributed by atoms with E-state index in [0.717, 1.165) is 5.06 Å². The normalized spacial score (nSPS) is 24.9. The van der Waals surface area contributed by atoms with E-state index in [0.29, 0.717) is 18.4 Å². The van der Waals surface area contributed by atoms with Crippen molar-refractivity contribution < 1.29 is 25.0 Å². The number of piperidine rings is 1. The van der Waals surface area contributed by atoms with Gasteiger partial charge in [0.1, 0.15) is 0 Å². The van der Waals surface area contributed by atoms with E-state index in [2.05, 4.69) is 0 Å².